The molecule has 2 rings (SSSR count). The number of amides is 1. The molecule has 0 radical (unpaired) electrons. The van der Waals surface area contributed by atoms with Crippen molar-refractivity contribution in [2.45, 2.75) is 40.7 Å². The van der Waals surface area contributed by atoms with Gasteiger partial charge >= 0.3 is 0 Å². The molecule has 0 unspecified atom stereocenters. The minimum atomic E-state index is -0.553. The lowest BCUT2D eigenvalue weighted by molar-refractivity contribution is -0.122. The fourth-order valence-electron chi connectivity index (χ4n) is 2.32. The summed E-state index contributed by atoms with van der Waals surface area (Å²) in [7, 11) is 0. The quantitative estimate of drug-likeness (QED) is 0.912. The Morgan fingerprint density at radius 2 is 1.59 bits per heavy atom. The third-order valence-electron chi connectivity index (χ3n) is 3.65. The fraction of sp³-hybridized carbons (Fsp3) is 0.316. The normalized spacial score (nSPS) is 11.9. The van der Waals surface area contributed by atoms with Gasteiger partial charge in [-0.2, -0.15) is 0 Å². The number of anilines is 1. The summed E-state index contributed by atoms with van der Waals surface area (Å²) in [4.78, 5) is 12.2. The van der Waals surface area contributed by atoms with Gasteiger partial charge in [-0.05, 0) is 81.1 Å². The molecule has 0 bridgehead atoms. The van der Waals surface area contributed by atoms with Crippen molar-refractivity contribution in [1.29, 1.82) is 0 Å². The predicted molar refractivity (Wildman–Crippen MR) is 90.6 cm³/mol. The molecule has 116 valence electrons. The van der Waals surface area contributed by atoms with Crippen LogP contribution in [0.3, 0.4) is 0 Å². The lowest BCUT2D eigenvalue weighted by atomic mass is 10.1. The van der Waals surface area contributed by atoms with Gasteiger partial charge < -0.3 is 10.1 Å². The molecule has 0 spiro atoms. The van der Waals surface area contributed by atoms with Crippen LogP contribution in [0.4, 0.5) is 5.69 Å². The molecule has 3 nitrogen and oxygen atoms in total. The molecule has 2 aromatic carbocycles. The molecule has 0 saturated heterocycles. The molecule has 0 fully saturated rings. The van der Waals surface area contributed by atoms with E-state index in [-0.39, 0.29) is 5.91 Å². The zero-order valence-corrected chi connectivity index (χ0v) is 13.9. The topological polar surface area (TPSA) is 38.3 Å². The second-order valence-corrected chi connectivity index (χ2v) is 5.87. The van der Waals surface area contributed by atoms with Crippen LogP contribution in [0.2, 0.25) is 0 Å². The number of carbonyl (C=O) groups excluding carboxylic acids is 1. The molecule has 0 aliphatic carbocycles. The maximum Gasteiger partial charge on any atom is 0.265 e. The summed E-state index contributed by atoms with van der Waals surface area (Å²) in [5.74, 6) is 0.572. The third kappa shape index (κ3) is 4.10. The average molecular weight is 297 g/mol. The summed E-state index contributed by atoms with van der Waals surface area (Å²) in [6, 6.07) is 11.8. The monoisotopic (exact) mass is 297 g/mol. The number of aryl methyl sites for hydroxylation is 4. The van der Waals surface area contributed by atoms with Crippen molar-refractivity contribution in [3.8, 4) is 5.75 Å². The Labute approximate surface area is 132 Å². The number of nitrogens with one attached hydrogen (secondary N) is 1. The molecule has 22 heavy (non-hydrogen) atoms. The van der Waals surface area contributed by atoms with Crippen LogP contribution in [0.25, 0.3) is 0 Å². The minimum absolute atomic E-state index is 0.151. The summed E-state index contributed by atoms with van der Waals surface area (Å²) < 4.78 is 5.75. The van der Waals surface area contributed by atoms with Crippen LogP contribution < -0.4 is 10.1 Å². The zero-order valence-electron chi connectivity index (χ0n) is 13.9. The SMILES string of the molecule is Cc1cc(C)cc(O[C@H](C)C(=O)Nc2ccc(C)c(C)c2)c1. The largest absolute Gasteiger partial charge is 0.481 e. The van der Waals surface area contributed by atoms with E-state index in [1.54, 1.807) is 6.92 Å². The van der Waals surface area contributed by atoms with Gasteiger partial charge in [0.05, 0.1) is 0 Å². The Morgan fingerprint density at radius 1 is 0.955 bits per heavy atom. The van der Waals surface area contributed by atoms with Gasteiger partial charge in [0.2, 0.25) is 0 Å². The molecule has 1 N–H and O–H groups in total. The standard InChI is InChI=1S/C19H23NO2/c1-12-8-13(2)10-18(9-12)22-16(5)19(21)20-17-7-6-14(3)15(4)11-17/h6-11,16H,1-5H3,(H,20,21)/t16-/m1/s1. The highest BCUT2D eigenvalue weighted by Gasteiger charge is 2.15. The van der Waals surface area contributed by atoms with E-state index in [9.17, 15) is 4.79 Å². The van der Waals surface area contributed by atoms with Gasteiger partial charge in [-0.15, -0.1) is 0 Å². The highest BCUT2D eigenvalue weighted by Crippen LogP contribution is 2.19. The first-order valence-electron chi connectivity index (χ1n) is 7.48. The van der Waals surface area contributed by atoms with E-state index >= 15 is 0 Å². The molecular weight excluding hydrogens is 274 g/mol. The molecule has 0 aromatic heterocycles. The van der Waals surface area contributed by atoms with Crippen molar-refractivity contribution in [3.05, 3.63) is 58.7 Å². The van der Waals surface area contributed by atoms with Crippen molar-refractivity contribution in [1.82, 2.24) is 0 Å². The predicted octanol–water partition coefficient (Wildman–Crippen LogP) is 4.33. The van der Waals surface area contributed by atoms with Crippen LogP contribution in [0, 0.1) is 27.7 Å². The second-order valence-electron chi connectivity index (χ2n) is 5.87. The van der Waals surface area contributed by atoms with Crippen molar-refractivity contribution in [2.24, 2.45) is 0 Å². The smallest absolute Gasteiger partial charge is 0.265 e. The highest BCUT2D eigenvalue weighted by atomic mass is 16.5. The number of benzene rings is 2. The summed E-state index contributed by atoms with van der Waals surface area (Å²) in [6.45, 7) is 9.86. The van der Waals surface area contributed by atoms with Crippen LogP contribution in [-0.4, -0.2) is 12.0 Å². The Kier molecular flexibility index (Phi) is 4.86. The second kappa shape index (κ2) is 6.65. The fourth-order valence-corrected chi connectivity index (χ4v) is 2.32. The lowest BCUT2D eigenvalue weighted by Gasteiger charge is -2.16. The summed E-state index contributed by atoms with van der Waals surface area (Å²) in [5.41, 5.74) is 5.40. The number of carbonyl (C=O) groups is 1. The van der Waals surface area contributed by atoms with Crippen molar-refractivity contribution in [3.63, 3.8) is 0 Å². The zero-order chi connectivity index (χ0) is 16.3. The van der Waals surface area contributed by atoms with Crippen molar-refractivity contribution >= 4 is 11.6 Å². The molecule has 1 amide bonds. The minimum Gasteiger partial charge on any atom is -0.481 e. The highest BCUT2D eigenvalue weighted by molar-refractivity contribution is 5.94. The molecular formula is C19H23NO2. The molecule has 0 heterocycles. The van der Waals surface area contributed by atoms with Gasteiger partial charge in [0.25, 0.3) is 5.91 Å². The van der Waals surface area contributed by atoms with E-state index in [0.717, 1.165) is 28.1 Å². The van der Waals surface area contributed by atoms with Crippen LogP contribution in [0.15, 0.2) is 36.4 Å². The van der Waals surface area contributed by atoms with E-state index in [1.807, 2.05) is 58.0 Å². The van der Waals surface area contributed by atoms with Gasteiger partial charge in [-0.25, -0.2) is 0 Å². The van der Waals surface area contributed by atoms with Crippen LogP contribution in [0.1, 0.15) is 29.2 Å². The van der Waals surface area contributed by atoms with E-state index in [2.05, 4.69) is 11.4 Å². The number of ether oxygens (including phenoxy) is 1. The number of hydrogen-bond acceptors (Lipinski definition) is 2. The van der Waals surface area contributed by atoms with Crippen LogP contribution in [0.5, 0.6) is 5.75 Å². The average Bonchev–Trinajstić information content (AvgIpc) is 2.41. The molecule has 0 aliphatic heterocycles. The van der Waals surface area contributed by atoms with Gasteiger partial charge in [-0.1, -0.05) is 12.1 Å². The molecule has 1 atom stereocenters. The molecule has 3 heteroatoms. The van der Waals surface area contributed by atoms with Crippen LogP contribution >= 0.6 is 0 Å². The van der Waals surface area contributed by atoms with Crippen molar-refractivity contribution < 1.29 is 9.53 Å². The van der Waals surface area contributed by atoms with E-state index in [4.69, 9.17) is 4.74 Å². The maximum atomic E-state index is 12.2. The maximum absolute atomic E-state index is 12.2. The Morgan fingerprint density at radius 3 is 2.18 bits per heavy atom. The summed E-state index contributed by atoms with van der Waals surface area (Å²) >= 11 is 0. The molecule has 2 aromatic rings. The summed E-state index contributed by atoms with van der Waals surface area (Å²) in [6.07, 6.45) is -0.553. The van der Waals surface area contributed by atoms with E-state index < -0.39 is 6.10 Å². The Bertz CT molecular complexity index is 672. The van der Waals surface area contributed by atoms with E-state index in [0.29, 0.717) is 0 Å². The van der Waals surface area contributed by atoms with E-state index in [1.165, 1.54) is 5.56 Å². The van der Waals surface area contributed by atoms with Gasteiger partial charge in [-0.3, -0.25) is 4.79 Å². The van der Waals surface area contributed by atoms with Crippen LogP contribution in [-0.2, 0) is 4.79 Å². The van der Waals surface area contributed by atoms with Gasteiger partial charge in [0.1, 0.15) is 5.75 Å². The third-order valence-corrected chi connectivity index (χ3v) is 3.65. The van der Waals surface area contributed by atoms with Gasteiger partial charge in [0, 0.05) is 5.69 Å². The Balaban J connectivity index is 2.04. The molecule has 0 saturated carbocycles. The van der Waals surface area contributed by atoms with Gasteiger partial charge in [0.15, 0.2) is 6.10 Å². The first-order chi connectivity index (χ1) is 10.3. The first kappa shape index (κ1) is 16.1. The molecule has 0 aliphatic rings. The first-order valence-corrected chi connectivity index (χ1v) is 7.48. The Hall–Kier alpha value is -2.29. The van der Waals surface area contributed by atoms with Crippen molar-refractivity contribution in [2.75, 3.05) is 5.32 Å². The lowest BCUT2D eigenvalue weighted by Crippen LogP contribution is -2.30. The summed E-state index contributed by atoms with van der Waals surface area (Å²) in [5, 5.41) is 2.90. The number of rotatable bonds is 4. The number of hydrogen-bond donors (Lipinski definition) is 1.